The minimum Gasteiger partial charge on any atom is -0.0623 e. The van der Waals surface area contributed by atoms with E-state index in [9.17, 15) is 0 Å². The predicted octanol–water partition coefficient (Wildman–Crippen LogP) is 7.94. The Morgan fingerprint density at radius 3 is 1.18 bits per heavy atom. The first-order chi connectivity index (χ1) is 18.3. The van der Waals surface area contributed by atoms with E-state index in [0.717, 1.165) is 0 Å². The van der Waals surface area contributed by atoms with Gasteiger partial charge in [0.2, 0.25) is 0 Å². The maximum atomic E-state index is 4.02. The number of hydrogen-bond donors (Lipinski definition) is 0. The second-order valence-electron chi connectivity index (χ2n) is 14.6. The molecule has 1 atom stereocenters. The molecule has 0 amide bonds. The zero-order valence-corrected chi connectivity index (χ0v) is 32.5. The van der Waals surface area contributed by atoms with Gasteiger partial charge in [-0.3, -0.25) is 0 Å². The van der Waals surface area contributed by atoms with Crippen molar-refractivity contribution in [3.05, 3.63) is 97.1 Å². The normalized spacial score (nSPS) is 20.0. The van der Waals surface area contributed by atoms with Gasteiger partial charge in [-0.05, 0) is 0 Å². The molecule has 0 N–H and O–H groups in total. The average Bonchev–Trinajstić information content (AvgIpc) is 2.81. The summed E-state index contributed by atoms with van der Waals surface area (Å²) in [6.07, 6.45) is 0. The van der Waals surface area contributed by atoms with Gasteiger partial charge in [-0.25, -0.2) is 0 Å². The van der Waals surface area contributed by atoms with E-state index < -0.39 is 30.8 Å². The Morgan fingerprint density at radius 2 is 0.925 bits per heavy atom. The predicted molar refractivity (Wildman–Crippen MR) is 187 cm³/mol. The van der Waals surface area contributed by atoms with E-state index in [1.165, 1.54) is 10.6 Å². The Labute approximate surface area is 256 Å². The van der Waals surface area contributed by atoms with Crippen molar-refractivity contribution < 1.29 is 3.99 Å². The molecule has 4 rings (SSSR count). The fourth-order valence-electron chi connectivity index (χ4n) is 6.60. The molecule has 218 valence electrons. The van der Waals surface area contributed by atoms with E-state index in [-0.39, 0.29) is 11.1 Å². The third kappa shape index (κ3) is 6.33. The van der Waals surface area contributed by atoms with Gasteiger partial charge < -0.3 is 0 Å². The van der Waals surface area contributed by atoms with Crippen LogP contribution in [0.4, 0.5) is 0 Å². The average molecular weight is 673 g/mol. The smallest absolute Gasteiger partial charge is 0.0623 e. The van der Waals surface area contributed by atoms with E-state index in [1.54, 1.807) is 0 Å². The first-order valence-corrected chi connectivity index (χ1v) is 27.3. The second-order valence-corrected chi connectivity index (χ2v) is 35.3. The summed E-state index contributed by atoms with van der Waals surface area (Å²) < 4.78 is 9.20. The summed E-state index contributed by atoms with van der Waals surface area (Å²) >= 11 is 4.02. The van der Waals surface area contributed by atoms with Crippen molar-refractivity contribution in [3.63, 3.8) is 0 Å². The second kappa shape index (κ2) is 11.9. The van der Waals surface area contributed by atoms with Crippen LogP contribution in [-0.4, -0.2) is 62.3 Å². The molecule has 3 aromatic rings. The van der Waals surface area contributed by atoms with Crippen LogP contribution in [0.5, 0.6) is 0 Å². The fourth-order valence-corrected chi connectivity index (χ4v) is 54.1. The van der Waals surface area contributed by atoms with Gasteiger partial charge in [-0.1, -0.05) is 36.4 Å². The van der Waals surface area contributed by atoms with Gasteiger partial charge in [0, 0.05) is 0 Å². The molecule has 0 saturated heterocycles. The van der Waals surface area contributed by atoms with E-state index in [4.69, 9.17) is 0 Å². The molecule has 0 saturated carbocycles. The maximum absolute atomic E-state index is 4.02. The molecule has 0 bridgehead atoms. The SMILES string of the molecule is CC(C)(C)N1[Si@@]([Se-])(N([Si](C)(C)C)[Si](C)(C)C)[N+](C(C)(C)C)=P1(c1ccccc1)c1ccccc1.c1ccccc1. The molecule has 3 nitrogen and oxygen atoms in total. The minimum absolute atomic E-state index is 0.0102. The molecular weight excluding hydrogens is 621 g/mol. The third-order valence-corrected chi connectivity index (χ3v) is 37.8. The Hall–Kier alpha value is -1.02. The Morgan fingerprint density at radius 1 is 0.625 bits per heavy atom. The van der Waals surface area contributed by atoms with Crippen LogP contribution < -0.4 is 10.6 Å². The van der Waals surface area contributed by atoms with Crippen LogP contribution >= 0.6 is 7.21 Å². The van der Waals surface area contributed by atoms with Gasteiger partial charge in [-0.2, -0.15) is 0 Å². The first-order valence-electron chi connectivity index (χ1n) is 14.4. The summed E-state index contributed by atoms with van der Waals surface area (Å²) in [4.78, 5) is 0. The molecule has 1 heterocycles. The van der Waals surface area contributed by atoms with Gasteiger partial charge in [-0.15, -0.1) is 0 Å². The summed E-state index contributed by atoms with van der Waals surface area (Å²) in [5.41, 5.74) is 0.0203. The molecule has 40 heavy (non-hydrogen) atoms. The molecule has 1 aliphatic rings. The zero-order valence-electron chi connectivity index (χ0n) is 26.9. The molecule has 0 unspecified atom stereocenters. The largest absolute Gasteiger partial charge is 0.0623 e. The van der Waals surface area contributed by atoms with Crippen molar-refractivity contribution in [3.8, 4) is 0 Å². The summed E-state index contributed by atoms with van der Waals surface area (Å²) in [6.45, 7) is 30.0. The van der Waals surface area contributed by atoms with Gasteiger partial charge in [0.1, 0.15) is 0 Å². The molecule has 0 fully saturated rings. The van der Waals surface area contributed by atoms with Gasteiger partial charge in [0.15, 0.2) is 0 Å². The standard InChI is InChI=1S/C26H46N3PSeSi3.C6H6/c1-25(2,3)27-30(23-19-15-13-16-20-23,24-21-17-14-18-22-24)28(26(4,5)6)34(27,31)29(32(7,8)9)33(10,11)12;1-2-4-6-5-3-1/h13-22H,1-12H3;1-6H. The summed E-state index contributed by atoms with van der Waals surface area (Å²) in [5.74, 6) is 0. The molecule has 1 aliphatic heterocycles. The van der Waals surface area contributed by atoms with Crippen molar-refractivity contribution >= 4 is 56.8 Å². The molecule has 3 aromatic carbocycles. The van der Waals surface area contributed by atoms with Gasteiger partial charge in [0.25, 0.3) is 0 Å². The van der Waals surface area contributed by atoms with E-state index >= 15 is 0 Å². The fraction of sp³-hybridized carbons (Fsp3) is 0.438. The number of benzene rings is 3. The molecule has 0 aromatic heterocycles. The Balaban J connectivity index is 0.000000649. The van der Waals surface area contributed by atoms with Crippen molar-refractivity contribution in [2.75, 3.05) is 0 Å². The third-order valence-electron chi connectivity index (χ3n) is 6.93. The van der Waals surface area contributed by atoms with Crippen LogP contribution in [-0.2, 0) is 0 Å². The van der Waals surface area contributed by atoms with E-state index in [1.807, 2.05) is 36.4 Å². The van der Waals surface area contributed by atoms with Crippen LogP contribution in [0, 0.1) is 0 Å². The summed E-state index contributed by atoms with van der Waals surface area (Å²) in [6, 6.07) is 34.8. The monoisotopic (exact) mass is 673 g/mol. The number of rotatable bonds is 5. The van der Waals surface area contributed by atoms with Crippen LogP contribution in [0.3, 0.4) is 0 Å². The van der Waals surface area contributed by atoms with Crippen molar-refractivity contribution in [1.82, 2.24) is 8.23 Å². The van der Waals surface area contributed by atoms with E-state index in [2.05, 4.69) is 169 Å². The summed E-state index contributed by atoms with van der Waals surface area (Å²) in [7, 11) is -7.78. The maximum Gasteiger partial charge on any atom is -0.0623 e. The van der Waals surface area contributed by atoms with Crippen molar-refractivity contribution in [2.45, 2.75) is 91.9 Å². The summed E-state index contributed by atoms with van der Waals surface area (Å²) in [5, 5.41) is 2.94. The van der Waals surface area contributed by atoms with E-state index in [0.29, 0.717) is 0 Å². The number of nitrogens with zero attached hydrogens (tertiary/aromatic N) is 3. The molecule has 0 spiro atoms. The van der Waals surface area contributed by atoms with Gasteiger partial charge >= 0.3 is 222 Å². The topological polar surface area (TPSA) is 9.49 Å². The first kappa shape index (κ1) is 33.5. The molecule has 0 radical (unpaired) electrons. The van der Waals surface area contributed by atoms with Crippen molar-refractivity contribution in [2.24, 2.45) is 0 Å². The van der Waals surface area contributed by atoms with Crippen LogP contribution in [0.25, 0.3) is 0 Å². The molecular formula is C32H52N3PSeSi3. The van der Waals surface area contributed by atoms with Crippen LogP contribution in [0.15, 0.2) is 97.1 Å². The molecule has 8 heteroatoms. The van der Waals surface area contributed by atoms with Crippen molar-refractivity contribution in [1.29, 1.82) is 0 Å². The van der Waals surface area contributed by atoms with Crippen LogP contribution in [0.1, 0.15) is 41.5 Å². The Bertz CT molecular complexity index is 1230. The minimum atomic E-state index is -2.38. The van der Waals surface area contributed by atoms with Crippen LogP contribution in [0.2, 0.25) is 39.3 Å². The zero-order chi connectivity index (χ0) is 30.2. The quantitative estimate of drug-likeness (QED) is 0.201. The number of hydrogen-bond acceptors (Lipinski definition) is 2. The van der Waals surface area contributed by atoms with Gasteiger partial charge in [0.05, 0.1) is 0 Å². The molecule has 0 aliphatic carbocycles. The Kier molecular flexibility index (Phi) is 9.99.